The highest BCUT2D eigenvalue weighted by atomic mass is 35.5. The number of amidine groups is 1. The molecule has 1 aliphatic rings. The monoisotopic (exact) mass is 447 g/mol. The van der Waals surface area contributed by atoms with Crippen molar-refractivity contribution >= 4 is 46.6 Å². The van der Waals surface area contributed by atoms with E-state index >= 15 is 0 Å². The lowest BCUT2D eigenvalue weighted by molar-refractivity contribution is -0.135. The third-order valence-electron chi connectivity index (χ3n) is 3.73. The molecular formula is C20H15ClFN3O4S. The van der Waals surface area contributed by atoms with Crippen molar-refractivity contribution in [2.75, 3.05) is 7.11 Å². The van der Waals surface area contributed by atoms with Gasteiger partial charge in [0.1, 0.15) is 18.2 Å². The maximum atomic E-state index is 13.4. The molecule has 0 radical (unpaired) electrons. The fourth-order valence-corrected chi connectivity index (χ4v) is 3.09. The first-order valence-corrected chi connectivity index (χ1v) is 9.70. The Morgan fingerprint density at radius 1 is 1.27 bits per heavy atom. The van der Waals surface area contributed by atoms with Crippen molar-refractivity contribution in [3.05, 3.63) is 75.4 Å². The van der Waals surface area contributed by atoms with Crippen LogP contribution in [0.1, 0.15) is 11.1 Å². The molecule has 7 nitrogen and oxygen atoms in total. The van der Waals surface area contributed by atoms with Crippen molar-refractivity contribution in [3.8, 4) is 5.75 Å². The minimum absolute atomic E-state index is 0.0669. The van der Waals surface area contributed by atoms with Gasteiger partial charge in [0.05, 0.1) is 23.3 Å². The first-order chi connectivity index (χ1) is 14.4. The number of nitrogens with one attached hydrogen (secondary N) is 1. The van der Waals surface area contributed by atoms with E-state index in [4.69, 9.17) is 16.3 Å². The number of thioether (sulfide) groups is 1. The number of ether oxygens (including phenoxy) is 2. The van der Waals surface area contributed by atoms with Gasteiger partial charge in [-0.05, 0) is 59.3 Å². The van der Waals surface area contributed by atoms with Gasteiger partial charge in [0.25, 0.3) is 5.91 Å². The smallest absolute Gasteiger partial charge is 0.331 e. The molecule has 1 amide bonds. The fraction of sp³-hybridized carbons (Fsp3) is 0.100. The summed E-state index contributed by atoms with van der Waals surface area (Å²) in [5.74, 6) is -0.956. The first-order valence-electron chi connectivity index (χ1n) is 8.51. The zero-order chi connectivity index (χ0) is 21.5. The number of halogens is 2. The highest BCUT2D eigenvalue weighted by Crippen LogP contribution is 2.23. The van der Waals surface area contributed by atoms with Gasteiger partial charge >= 0.3 is 5.97 Å². The largest absolute Gasteiger partial charge is 0.489 e. The van der Waals surface area contributed by atoms with Crippen LogP contribution in [0.5, 0.6) is 5.75 Å². The van der Waals surface area contributed by atoms with Crippen LogP contribution in [0, 0.1) is 5.82 Å². The average Bonchev–Trinajstić information content (AvgIpc) is 3.08. The highest BCUT2D eigenvalue weighted by Gasteiger charge is 2.24. The lowest BCUT2D eigenvalue weighted by Crippen LogP contribution is -2.19. The SMILES string of the molecule is COC(=O)/C=C1/S/C(=N\N=Cc2ccc(OCc3ccc(Cl)c(F)c3)cc2)NC1=O. The lowest BCUT2D eigenvalue weighted by atomic mass is 10.2. The van der Waals surface area contributed by atoms with Crippen molar-refractivity contribution < 1.29 is 23.5 Å². The van der Waals surface area contributed by atoms with Gasteiger partial charge < -0.3 is 9.47 Å². The Morgan fingerprint density at radius 3 is 2.73 bits per heavy atom. The molecule has 0 aromatic heterocycles. The molecule has 1 N–H and O–H groups in total. The molecule has 2 aromatic rings. The Hall–Kier alpha value is -3.17. The van der Waals surface area contributed by atoms with E-state index in [0.29, 0.717) is 11.3 Å². The molecule has 2 aromatic carbocycles. The molecule has 1 saturated heterocycles. The van der Waals surface area contributed by atoms with E-state index in [0.717, 1.165) is 23.4 Å². The van der Waals surface area contributed by atoms with Crippen LogP contribution in [0.3, 0.4) is 0 Å². The summed E-state index contributed by atoms with van der Waals surface area (Å²) in [6.07, 6.45) is 2.59. The Balaban J connectivity index is 1.55. The number of esters is 1. The quantitative estimate of drug-likeness (QED) is 0.316. The minimum Gasteiger partial charge on any atom is -0.489 e. The molecular weight excluding hydrogens is 433 g/mol. The Labute approximate surface area is 180 Å². The van der Waals surface area contributed by atoms with Crippen LogP contribution in [-0.4, -0.2) is 30.4 Å². The van der Waals surface area contributed by atoms with Crippen LogP contribution in [-0.2, 0) is 20.9 Å². The summed E-state index contributed by atoms with van der Waals surface area (Å²) >= 11 is 6.65. The van der Waals surface area contributed by atoms with Gasteiger partial charge in [0, 0.05) is 6.08 Å². The molecule has 154 valence electrons. The molecule has 0 spiro atoms. The topological polar surface area (TPSA) is 89.3 Å². The summed E-state index contributed by atoms with van der Waals surface area (Å²) < 4.78 is 23.5. The van der Waals surface area contributed by atoms with Crippen molar-refractivity contribution in [2.45, 2.75) is 6.61 Å². The first kappa shape index (κ1) is 21.5. The molecule has 1 fully saturated rings. The van der Waals surface area contributed by atoms with E-state index in [2.05, 4.69) is 20.3 Å². The third kappa shape index (κ3) is 5.91. The molecule has 0 atom stereocenters. The summed E-state index contributed by atoms with van der Waals surface area (Å²) in [5.41, 5.74) is 1.42. The molecule has 1 heterocycles. The molecule has 10 heteroatoms. The van der Waals surface area contributed by atoms with Gasteiger partial charge in [-0.3, -0.25) is 10.1 Å². The van der Waals surface area contributed by atoms with E-state index in [9.17, 15) is 14.0 Å². The second-order valence-corrected chi connectivity index (χ2v) is 7.28. The van der Waals surface area contributed by atoms with Gasteiger partial charge in [-0.25, -0.2) is 9.18 Å². The van der Waals surface area contributed by atoms with Crippen molar-refractivity contribution in [3.63, 3.8) is 0 Å². The fourth-order valence-electron chi connectivity index (χ4n) is 2.24. The summed E-state index contributed by atoms with van der Waals surface area (Å²) in [4.78, 5) is 23.1. The number of rotatable bonds is 6. The number of hydrogen-bond acceptors (Lipinski definition) is 7. The summed E-state index contributed by atoms with van der Waals surface area (Å²) in [5, 5.41) is 10.7. The average molecular weight is 448 g/mol. The molecule has 0 unspecified atom stereocenters. The maximum Gasteiger partial charge on any atom is 0.331 e. The van der Waals surface area contributed by atoms with Crippen LogP contribution in [0.4, 0.5) is 4.39 Å². The van der Waals surface area contributed by atoms with Crippen molar-refractivity contribution in [2.24, 2.45) is 10.2 Å². The Kier molecular flexibility index (Phi) is 7.21. The van der Waals surface area contributed by atoms with Gasteiger partial charge in [0.2, 0.25) is 0 Å². The van der Waals surface area contributed by atoms with Crippen LogP contribution in [0.25, 0.3) is 0 Å². The Morgan fingerprint density at radius 2 is 2.03 bits per heavy atom. The zero-order valence-corrected chi connectivity index (χ0v) is 17.2. The molecule has 0 bridgehead atoms. The van der Waals surface area contributed by atoms with E-state index in [1.165, 1.54) is 25.5 Å². The van der Waals surface area contributed by atoms with Gasteiger partial charge in [-0.15, -0.1) is 5.10 Å². The number of carbonyl (C=O) groups excluding carboxylic acids is 2. The normalized spacial score (nSPS) is 16.3. The summed E-state index contributed by atoms with van der Waals surface area (Å²) in [6.45, 7) is 0.202. The van der Waals surface area contributed by atoms with Gasteiger partial charge in [-0.1, -0.05) is 17.7 Å². The maximum absolute atomic E-state index is 13.4. The molecule has 0 aliphatic carbocycles. The number of hydrogen-bond donors (Lipinski definition) is 1. The third-order valence-corrected chi connectivity index (χ3v) is 4.93. The van der Waals surface area contributed by atoms with Gasteiger partial charge in [0.15, 0.2) is 5.17 Å². The van der Waals surface area contributed by atoms with Crippen LogP contribution < -0.4 is 10.1 Å². The number of amides is 1. The van der Waals surface area contributed by atoms with Gasteiger partial charge in [-0.2, -0.15) is 5.10 Å². The predicted molar refractivity (Wildman–Crippen MR) is 113 cm³/mol. The van der Waals surface area contributed by atoms with Crippen LogP contribution in [0.15, 0.2) is 63.6 Å². The Bertz CT molecular complexity index is 1050. The number of nitrogens with zero attached hydrogens (tertiary/aromatic N) is 2. The highest BCUT2D eigenvalue weighted by molar-refractivity contribution is 8.18. The summed E-state index contributed by atoms with van der Waals surface area (Å²) in [7, 11) is 1.23. The lowest BCUT2D eigenvalue weighted by Gasteiger charge is -2.07. The van der Waals surface area contributed by atoms with Crippen LogP contribution >= 0.6 is 23.4 Å². The zero-order valence-electron chi connectivity index (χ0n) is 15.6. The molecule has 3 rings (SSSR count). The number of carbonyl (C=O) groups is 2. The standard InChI is InChI=1S/C20H15ClFN3O4S/c1-28-18(26)9-17-19(27)24-20(30-17)25-23-10-12-2-5-14(6-3-12)29-11-13-4-7-15(21)16(22)8-13/h2-10H,11H2,1H3,(H,24,25,27)/b17-9+,23-10?. The number of methoxy groups -OCH3 is 1. The van der Waals surface area contributed by atoms with Crippen molar-refractivity contribution in [1.82, 2.24) is 5.32 Å². The van der Waals surface area contributed by atoms with E-state index in [1.807, 2.05) is 0 Å². The van der Waals surface area contributed by atoms with Crippen molar-refractivity contribution in [1.29, 1.82) is 0 Å². The molecule has 0 saturated carbocycles. The van der Waals surface area contributed by atoms with E-state index in [-0.39, 0.29) is 21.7 Å². The van der Waals surface area contributed by atoms with E-state index < -0.39 is 17.7 Å². The number of benzene rings is 2. The second-order valence-electron chi connectivity index (χ2n) is 5.84. The van der Waals surface area contributed by atoms with Crippen LogP contribution in [0.2, 0.25) is 5.02 Å². The molecule has 30 heavy (non-hydrogen) atoms. The van der Waals surface area contributed by atoms with E-state index in [1.54, 1.807) is 30.3 Å². The summed E-state index contributed by atoms with van der Waals surface area (Å²) in [6, 6.07) is 11.5. The minimum atomic E-state index is -0.624. The predicted octanol–water partition coefficient (Wildman–Crippen LogP) is 3.67. The second kappa shape index (κ2) is 10.0. The molecule has 1 aliphatic heterocycles.